The Hall–Kier alpha value is -1.29. The quantitative estimate of drug-likeness (QED) is 0.781. The summed E-state index contributed by atoms with van der Waals surface area (Å²) in [5.74, 6) is -0.424. The number of halogens is 1. The van der Waals surface area contributed by atoms with Gasteiger partial charge in [0.25, 0.3) is 0 Å². The van der Waals surface area contributed by atoms with Crippen molar-refractivity contribution in [3.8, 4) is 11.6 Å². The van der Waals surface area contributed by atoms with Gasteiger partial charge in [0, 0.05) is 3.57 Å². The van der Waals surface area contributed by atoms with Crippen LogP contribution in [0.2, 0.25) is 0 Å². The standard InChI is InChI=1S/C10H9IN2O4S/c1-18(16,17)12-6-9(14)13(10(12)15)8-4-2-3-7(11)5-8/h2-6,14H,1H3. The molecule has 96 valence electrons. The maximum absolute atomic E-state index is 11.9. The molecular formula is C10H9IN2O4S. The number of benzene rings is 1. The van der Waals surface area contributed by atoms with E-state index in [4.69, 9.17) is 0 Å². The fourth-order valence-corrected chi connectivity index (χ4v) is 2.69. The molecule has 1 aromatic carbocycles. The molecule has 0 bridgehead atoms. The molecule has 1 aromatic heterocycles. The van der Waals surface area contributed by atoms with E-state index < -0.39 is 21.6 Å². The monoisotopic (exact) mass is 380 g/mol. The predicted molar refractivity (Wildman–Crippen MR) is 74.7 cm³/mol. The Balaban J connectivity index is 2.75. The zero-order valence-corrected chi connectivity index (χ0v) is 12.2. The van der Waals surface area contributed by atoms with E-state index in [1.165, 1.54) is 0 Å². The molecule has 0 atom stereocenters. The third-order valence-corrected chi connectivity index (χ3v) is 3.91. The van der Waals surface area contributed by atoms with Crippen molar-refractivity contribution < 1.29 is 13.5 Å². The van der Waals surface area contributed by atoms with Gasteiger partial charge < -0.3 is 5.11 Å². The third-order valence-electron chi connectivity index (χ3n) is 2.27. The molecule has 0 aliphatic heterocycles. The van der Waals surface area contributed by atoms with Crippen LogP contribution in [0.1, 0.15) is 0 Å². The van der Waals surface area contributed by atoms with E-state index in [-0.39, 0.29) is 0 Å². The van der Waals surface area contributed by atoms with E-state index in [0.717, 1.165) is 20.6 Å². The summed E-state index contributed by atoms with van der Waals surface area (Å²) in [6.45, 7) is 0. The third kappa shape index (κ3) is 2.29. The molecule has 0 radical (unpaired) electrons. The highest BCUT2D eigenvalue weighted by Crippen LogP contribution is 2.17. The van der Waals surface area contributed by atoms with Crippen molar-refractivity contribution in [3.63, 3.8) is 0 Å². The number of aromatic nitrogens is 2. The van der Waals surface area contributed by atoms with Crippen LogP contribution in [0.3, 0.4) is 0 Å². The number of aromatic hydroxyl groups is 1. The maximum atomic E-state index is 11.9. The van der Waals surface area contributed by atoms with E-state index in [1.807, 2.05) is 6.07 Å². The molecule has 2 aromatic rings. The summed E-state index contributed by atoms with van der Waals surface area (Å²) in [6.07, 6.45) is 1.78. The van der Waals surface area contributed by atoms with Crippen LogP contribution in [-0.2, 0) is 10.0 Å². The lowest BCUT2D eigenvalue weighted by Crippen LogP contribution is -2.27. The van der Waals surface area contributed by atoms with Crippen LogP contribution >= 0.6 is 22.6 Å². The second kappa shape index (κ2) is 4.43. The van der Waals surface area contributed by atoms with Gasteiger partial charge in [-0.2, -0.15) is 3.97 Å². The van der Waals surface area contributed by atoms with Crippen molar-refractivity contribution in [2.45, 2.75) is 0 Å². The Labute approximate surface area is 117 Å². The topological polar surface area (TPSA) is 81.3 Å². The average molecular weight is 380 g/mol. The highest BCUT2D eigenvalue weighted by molar-refractivity contribution is 14.1. The molecule has 8 heteroatoms. The number of hydrogen-bond acceptors (Lipinski definition) is 4. The first-order valence-electron chi connectivity index (χ1n) is 4.80. The van der Waals surface area contributed by atoms with E-state index in [0.29, 0.717) is 9.66 Å². The van der Waals surface area contributed by atoms with Gasteiger partial charge in [-0.05, 0) is 40.8 Å². The molecular weight excluding hydrogens is 371 g/mol. The fraction of sp³-hybridized carbons (Fsp3) is 0.100. The Bertz CT molecular complexity index is 760. The summed E-state index contributed by atoms with van der Waals surface area (Å²) in [7, 11) is -3.73. The van der Waals surface area contributed by atoms with Crippen LogP contribution in [0.4, 0.5) is 0 Å². The Morgan fingerprint density at radius 1 is 1.33 bits per heavy atom. The summed E-state index contributed by atoms with van der Waals surface area (Å²) < 4.78 is 25.0. The van der Waals surface area contributed by atoms with Gasteiger partial charge in [0.2, 0.25) is 15.9 Å². The van der Waals surface area contributed by atoms with Gasteiger partial charge in [-0.15, -0.1) is 0 Å². The SMILES string of the molecule is CS(=O)(=O)n1cc(O)n(-c2cccc(I)c2)c1=O. The minimum atomic E-state index is -3.73. The van der Waals surface area contributed by atoms with Crippen LogP contribution in [0.25, 0.3) is 5.69 Å². The molecule has 1 N–H and O–H groups in total. The normalized spacial score (nSPS) is 11.7. The summed E-state index contributed by atoms with van der Waals surface area (Å²) in [6, 6.07) is 6.80. The number of imidazole rings is 1. The van der Waals surface area contributed by atoms with E-state index >= 15 is 0 Å². The van der Waals surface area contributed by atoms with Crippen molar-refractivity contribution >= 4 is 32.6 Å². The Kier molecular flexibility index (Phi) is 3.23. The lowest BCUT2D eigenvalue weighted by molar-refractivity contribution is 0.441. The zero-order chi connectivity index (χ0) is 13.5. The zero-order valence-electron chi connectivity index (χ0n) is 9.24. The largest absolute Gasteiger partial charge is 0.493 e. The predicted octanol–water partition coefficient (Wildman–Crippen LogP) is 0.757. The molecule has 0 saturated heterocycles. The summed E-state index contributed by atoms with van der Waals surface area (Å²) in [5, 5.41) is 9.70. The highest BCUT2D eigenvalue weighted by Gasteiger charge is 2.17. The first-order chi connectivity index (χ1) is 8.30. The van der Waals surface area contributed by atoms with Gasteiger partial charge in [0.15, 0.2) is 0 Å². The highest BCUT2D eigenvalue weighted by atomic mass is 127. The molecule has 0 spiro atoms. The minimum Gasteiger partial charge on any atom is -0.493 e. The van der Waals surface area contributed by atoms with Crippen LogP contribution in [0, 0.1) is 3.57 Å². The molecule has 6 nitrogen and oxygen atoms in total. The molecule has 18 heavy (non-hydrogen) atoms. The van der Waals surface area contributed by atoms with Crippen LogP contribution in [0.15, 0.2) is 35.3 Å². The first kappa shape index (κ1) is 13.1. The van der Waals surface area contributed by atoms with Crippen LogP contribution < -0.4 is 5.69 Å². The van der Waals surface area contributed by atoms with Crippen molar-refractivity contribution in [3.05, 3.63) is 44.5 Å². The van der Waals surface area contributed by atoms with Gasteiger partial charge in [0.1, 0.15) is 0 Å². The van der Waals surface area contributed by atoms with E-state index in [2.05, 4.69) is 22.6 Å². The molecule has 0 saturated carbocycles. The van der Waals surface area contributed by atoms with Crippen LogP contribution in [-0.4, -0.2) is 28.3 Å². The molecule has 0 amide bonds. The molecule has 0 unspecified atom stereocenters. The summed E-state index contributed by atoms with van der Waals surface area (Å²) in [5.41, 5.74) is -0.413. The second-order valence-corrected chi connectivity index (χ2v) is 6.75. The minimum absolute atomic E-state index is 0.409. The summed E-state index contributed by atoms with van der Waals surface area (Å²) >= 11 is 2.06. The van der Waals surface area contributed by atoms with Crippen molar-refractivity contribution in [2.75, 3.05) is 6.26 Å². The van der Waals surface area contributed by atoms with Crippen molar-refractivity contribution in [2.24, 2.45) is 0 Å². The molecule has 2 rings (SSSR count). The molecule has 0 aliphatic carbocycles. The van der Waals surface area contributed by atoms with Crippen molar-refractivity contribution in [1.29, 1.82) is 0 Å². The van der Waals surface area contributed by atoms with Crippen LogP contribution in [0.5, 0.6) is 5.88 Å². The van der Waals surface area contributed by atoms with Gasteiger partial charge in [-0.1, -0.05) is 6.07 Å². The number of hydrogen-bond donors (Lipinski definition) is 1. The maximum Gasteiger partial charge on any atom is 0.349 e. The second-order valence-electron chi connectivity index (χ2n) is 3.64. The molecule has 1 heterocycles. The fourth-order valence-electron chi connectivity index (χ4n) is 1.51. The van der Waals surface area contributed by atoms with Gasteiger partial charge in [-0.25, -0.2) is 17.8 Å². The molecule has 0 aliphatic rings. The first-order valence-corrected chi connectivity index (χ1v) is 7.73. The van der Waals surface area contributed by atoms with Crippen molar-refractivity contribution in [1.82, 2.24) is 8.54 Å². The molecule has 0 fully saturated rings. The van der Waals surface area contributed by atoms with E-state index in [9.17, 15) is 18.3 Å². The smallest absolute Gasteiger partial charge is 0.349 e. The summed E-state index contributed by atoms with van der Waals surface area (Å²) in [4.78, 5) is 11.9. The Morgan fingerprint density at radius 2 is 2.00 bits per heavy atom. The number of rotatable bonds is 2. The lowest BCUT2D eigenvalue weighted by Gasteiger charge is -2.02. The van der Waals surface area contributed by atoms with Gasteiger partial charge in [-0.3, -0.25) is 0 Å². The van der Waals surface area contributed by atoms with E-state index in [1.54, 1.807) is 18.2 Å². The average Bonchev–Trinajstić information content (AvgIpc) is 2.54. The van der Waals surface area contributed by atoms with Gasteiger partial charge in [0.05, 0.1) is 18.1 Å². The van der Waals surface area contributed by atoms with Gasteiger partial charge >= 0.3 is 5.69 Å². The lowest BCUT2D eigenvalue weighted by atomic mass is 10.3. The Morgan fingerprint density at radius 3 is 2.50 bits per heavy atom. The number of nitrogens with zero attached hydrogens (tertiary/aromatic N) is 2.